The highest BCUT2D eigenvalue weighted by atomic mass is 16.6. The second kappa shape index (κ2) is 9.22. The molecule has 1 aliphatic rings. The Morgan fingerprint density at radius 1 is 1.00 bits per heavy atom. The molecule has 2 unspecified atom stereocenters. The van der Waals surface area contributed by atoms with Gasteiger partial charge in [-0.05, 0) is 41.8 Å². The van der Waals surface area contributed by atoms with Crippen molar-refractivity contribution in [1.29, 1.82) is 0 Å². The van der Waals surface area contributed by atoms with Gasteiger partial charge < -0.3 is 24.1 Å². The van der Waals surface area contributed by atoms with Gasteiger partial charge in [-0.15, -0.1) is 0 Å². The van der Waals surface area contributed by atoms with Crippen molar-refractivity contribution in [2.75, 3.05) is 26.4 Å². The highest BCUT2D eigenvalue weighted by Gasteiger charge is 2.22. The summed E-state index contributed by atoms with van der Waals surface area (Å²) in [6, 6.07) is 15.7. The molecule has 1 heterocycles. The summed E-state index contributed by atoms with van der Waals surface area (Å²) in [6.45, 7) is 1.70. The minimum Gasteiger partial charge on any atom is -0.491 e. The zero-order valence-corrected chi connectivity index (χ0v) is 14.4. The molecule has 3 rings (SSSR count). The van der Waals surface area contributed by atoms with Gasteiger partial charge in [0, 0.05) is 0 Å². The van der Waals surface area contributed by atoms with Crippen molar-refractivity contribution in [2.45, 2.75) is 18.6 Å². The minimum absolute atomic E-state index is 0.0700. The Hall–Kier alpha value is -2.57. The van der Waals surface area contributed by atoms with E-state index in [2.05, 4.69) is 16.9 Å². The van der Waals surface area contributed by atoms with E-state index in [0.29, 0.717) is 18.8 Å². The van der Waals surface area contributed by atoms with E-state index in [0.717, 1.165) is 24.3 Å². The molecule has 0 amide bonds. The van der Waals surface area contributed by atoms with Crippen LogP contribution in [0.1, 0.15) is 11.1 Å². The molecule has 0 aromatic heterocycles. The third-order valence-electron chi connectivity index (χ3n) is 3.89. The minimum atomic E-state index is -0.841. The first-order valence-corrected chi connectivity index (χ1v) is 8.51. The SMILES string of the molecule is O=COCC(O)COc1ccc(Cc2ccc(OCC3CO3)cc2)cc1. The molecule has 26 heavy (non-hydrogen) atoms. The summed E-state index contributed by atoms with van der Waals surface area (Å²) in [5.74, 6) is 1.51. The molecule has 0 saturated carbocycles. The number of aliphatic hydroxyl groups is 1. The molecule has 138 valence electrons. The van der Waals surface area contributed by atoms with Gasteiger partial charge in [-0.25, -0.2) is 0 Å². The zero-order valence-electron chi connectivity index (χ0n) is 14.4. The van der Waals surface area contributed by atoms with E-state index < -0.39 is 6.10 Å². The summed E-state index contributed by atoms with van der Waals surface area (Å²) in [4.78, 5) is 10.1. The normalized spacial score (nSPS) is 16.6. The van der Waals surface area contributed by atoms with Crippen LogP contribution in [0.5, 0.6) is 11.5 Å². The molecule has 1 saturated heterocycles. The van der Waals surface area contributed by atoms with Crippen LogP contribution in [0.2, 0.25) is 0 Å². The van der Waals surface area contributed by atoms with E-state index in [9.17, 15) is 9.90 Å². The quantitative estimate of drug-likeness (QED) is 0.489. The Morgan fingerprint density at radius 3 is 2.12 bits per heavy atom. The van der Waals surface area contributed by atoms with Crippen LogP contribution in [-0.2, 0) is 20.7 Å². The number of aliphatic hydroxyl groups excluding tert-OH is 1. The zero-order chi connectivity index (χ0) is 18.2. The first kappa shape index (κ1) is 18.2. The van der Waals surface area contributed by atoms with Crippen LogP contribution in [0.4, 0.5) is 0 Å². The van der Waals surface area contributed by atoms with Crippen molar-refractivity contribution in [3.05, 3.63) is 59.7 Å². The summed E-state index contributed by atoms with van der Waals surface area (Å²) in [5.41, 5.74) is 2.34. The first-order chi connectivity index (χ1) is 12.7. The number of benzene rings is 2. The van der Waals surface area contributed by atoms with Crippen LogP contribution in [0, 0.1) is 0 Å². The lowest BCUT2D eigenvalue weighted by molar-refractivity contribution is -0.132. The van der Waals surface area contributed by atoms with Gasteiger partial charge in [0.05, 0.1) is 6.61 Å². The monoisotopic (exact) mass is 358 g/mol. The van der Waals surface area contributed by atoms with E-state index in [1.165, 1.54) is 5.56 Å². The van der Waals surface area contributed by atoms with Gasteiger partial charge in [0.2, 0.25) is 0 Å². The average molecular weight is 358 g/mol. The van der Waals surface area contributed by atoms with E-state index >= 15 is 0 Å². The fourth-order valence-electron chi connectivity index (χ4n) is 2.39. The average Bonchev–Trinajstić information content (AvgIpc) is 3.50. The van der Waals surface area contributed by atoms with Crippen molar-refractivity contribution in [3.8, 4) is 11.5 Å². The van der Waals surface area contributed by atoms with Gasteiger partial charge >= 0.3 is 0 Å². The Balaban J connectivity index is 1.45. The second-order valence-electron chi connectivity index (χ2n) is 6.13. The van der Waals surface area contributed by atoms with Crippen molar-refractivity contribution in [1.82, 2.24) is 0 Å². The molecule has 1 fully saturated rings. The molecule has 2 atom stereocenters. The Bertz CT molecular complexity index is 678. The standard InChI is InChI=1S/C20H22O6/c21-14-23-10-17(22)11-24-18-5-1-15(2-6-18)9-16-3-7-19(8-4-16)25-12-20-13-26-20/h1-8,14,17,20,22H,9-13H2. The lowest BCUT2D eigenvalue weighted by Gasteiger charge is -2.11. The van der Waals surface area contributed by atoms with Crippen LogP contribution in [0.25, 0.3) is 0 Å². The summed E-state index contributed by atoms with van der Waals surface area (Å²) in [7, 11) is 0. The fourth-order valence-corrected chi connectivity index (χ4v) is 2.39. The molecule has 2 aromatic rings. The van der Waals surface area contributed by atoms with Gasteiger partial charge in [-0.1, -0.05) is 24.3 Å². The van der Waals surface area contributed by atoms with Crippen LogP contribution in [0.15, 0.2) is 48.5 Å². The summed E-state index contributed by atoms with van der Waals surface area (Å²) in [5, 5.41) is 9.56. The maximum atomic E-state index is 10.1. The molecule has 6 heteroatoms. The fraction of sp³-hybridized carbons (Fsp3) is 0.350. The first-order valence-electron chi connectivity index (χ1n) is 8.51. The van der Waals surface area contributed by atoms with E-state index in [-0.39, 0.29) is 19.3 Å². The number of carbonyl (C=O) groups is 1. The number of rotatable bonds is 11. The second-order valence-corrected chi connectivity index (χ2v) is 6.13. The Kier molecular flexibility index (Phi) is 6.46. The van der Waals surface area contributed by atoms with Crippen molar-refractivity contribution in [2.24, 2.45) is 0 Å². The van der Waals surface area contributed by atoms with Crippen molar-refractivity contribution in [3.63, 3.8) is 0 Å². The number of hydrogen-bond donors (Lipinski definition) is 1. The van der Waals surface area contributed by atoms with Crippen LogP contribution in [-0.4, -0.2) is 50.2 Å². The molecule has 2 aromatic carbocycles. The topological polar surface area (TPSA) is 77.5 Å². The van der Waals surface area contributed by atoms with Crippen LogP contribution >= 0.6 is 0 Å². The lowest BCUT2D eigenvalue weighted by atomic mass is 10.0. The molecule has 1 N–H and O–H groups in total. The number of hydrogen-bond acceptors (Lipinski definition) is 6. The predicted molar refractivity (Wildman–Crippen MR) is 94.4 cm³/mol. The molecule has 0 bridgehead atoms. The van der Waals surface area contributed by atoms with Gasteiger partial charge in [-0.3, -0.25) is 4.79 Å². The largest absolute Gasteiger partial charge is 0.491 e. The highest BCUT2D eigenvalue weighted by Crippen LogP contribution is 2.19. The van der Waals surface area contributed by atoms with Gasteiger partial charge in [0.1, 0.15) is 43.5 Å². The third kappa shape index (κ3) is 6.06. The lowest BCUT2D eigenvalue weighted by Crippen LogP contribution is -2.23. The van der Waals surface area contributed by atoms with Crippen molar-refractivity contribution < 1.29 is 28.8 Å². The summed E-state index contributed by atoms with van der Waals surface area (Å²) >= 11 is 0. The van der Waals surface area contributed by atoms with Crippen LogP contribution in [0.3, 0.4) is 0 Å². The maximum Gasteiger partial charge on any atom is 0.293 e. The smallest absolute Gasteiger partial charge is 0.293 e. The van der Waals surface area contributed by atoms with E-state index in [4.69, 9.17) is 14.2 Å². The Labute approximate surface area is 152 Å². The number of carbonyl (C=O) groups excluding carboxylic acids is 1. The van der Waals surface area contributed by atoms with Crippen LogP contribution < -0.4 is 9.47 Å². The Morgan fingerprint density at radius 2 is 1.58 bits per heavy atom. The summed E-state index contributed by atoms with van der Waals surface area (Å²) < 4.78 is 20.7. The molecule has 6 nitrogen and oxygen atoms in total. The van der Waals surface area contributed by atoms with Crippen molar-refractivity contribution >= 4 is 6.47 Å². The third-order valence-corrected chi connectivity index (χ3v) is 3.89. The summed E-state index contributed by atoms with van der Waals surface area (Å²) in [6.07, 6.45) is 0.225. The highest BCUT2D eigenvalue weighted by molar-refractivity contribution is 5.37. The molecule has 1 aliphatic heterocycles. The molecule has 0 spiro atoms. The molecular weight excluding hydrogens is 336 g/mol. The maximum absolute atomic E-state index is 10.1. The number of ether oxygens (including phenoxy) is 4. The van der Waals surface area contributed by atoms with E-state index in [1.807, 2.05) is 36.4 Å². The molecule has 0 radical (unpaired) electrons. The molecular formula is C20H22O6. The van der Waals surface area contributed by atoms with Gasteiger partial charge in [-0.2, -0.15) is 0 Å². The van der Waals surface area contributed by atoms with E-state index in [1.54, 1.807) is 0 Å². The predicted octanol–water partition coefficient (Wildman–Crippen LogP) is 1.97. The molecule has 0 aliphatic carbocycles. The van der Waals surface area contributed by atoms with Gasteiger partial charge in [0.15, 0.2) is 0 Å². The van der Waals surface area contributed by atoms with Gasteiger partial charge in [0.25, 0.3) is 6.47 Å². The number of epoxide rings is 1.